The molecule has 0 N–H and O–H groups in total. The molecule has 0 amide bonds. The van der Waals surface area contributed by atoms with Gasteiger partial charge in [-0.05, 0) is 38.2 Å². The Bertz CT molecular complexity index is 609. The van der Waals surface area contributed by atoms with Crippen molar-refractivity contribution in [3.63, 3.8) is 0 Å². The zero-order valence-electron chi connectivity index (χ0n) is 11.7. The summed E-state index contributed by atoms with van der Waals surface area (Å²) in [7, 11) is 0. The molecule has 4 heteroatoms. The third-order valence-electron chi connectivity index (χ3n) is 4.03. The molecular formula is C16H19N3S. The van der Waals surface area contributed by atoms with Gasteiger partial charge in [-0.15, -0.1) is 10.2 Å². The van der Waals surface area contributed by atoms with Crippen molar-refractivity contribution in [2.24, 2.45) is 0 Å². The predicted octanol–water partition coefficient (Wildman–Crippen LogP) is 4.09. The van der Waals surface area contributed by atoms with E-state index in [1.807, 2.05) is 11.8 Å². The lowest BCUT2D eigenvalue weighted by atomic mass is 10.2. The van der Waals surface area contributed by atoms with E-state index in [1.54, 1.807) is 0 Å². The summed E-state index contributed by atoms with van der Waals surface area (Å²) in [5.74, 6) is 2.92. The molecule has 2 saturated carbocycles. The first-order valence-corrected chi connectivity index (χ1v) is 8.43. The van der Waals surface area contributed by atoms with Gasteiger partial charge in [0.1, 0.15) is 5.82 Å². The van der Waals surface area contributed by atoms with Crippen LogP contribution in [-0.4, -0.2) is 14.8 Å². The number of thioether (sulfide) groups is 1. The van der Waals surface area contributed by atoms with Gasteiger partial charge < -0.3 is 4.57 Å². The van der Waals surface area contributed by atoms with Gasteiger partial charge in [-0.1, -0.05) is 41.6 Å². The highest BCUT2D eigenvalue weighted by atomic mass is 32.2. The van der Waals surface area contributed by atoms with E-state index in [4.69, 9.17) is 0 Å². The third kappa shape index (κ3) is 2.49. The van der Waals surface area contributed by atoms with Crippen LogP contribution in [0.4, 0.5) is 0 Å². The molecule has 3 nitrogen and oxygen atoms in total. The second-order valence-electron chi connectivity index (χ2n) is 5.99. The van der Waals surface area contributed by atoms with Crippen LogP contribution in [0, 0.1) is 6.92 Å². The molecule has 0 unspecified atom stereocenters. The summed E-state index contributed by atoms with van der Waals surface area (Å²) in [6.45, 7) is 2.13. The van der Waals surface area contributed by atoms with Gasteiger partial charge >= 0.3 is 0 Å². The fourth-order valence-corrected chi connectivity index (χ4v) is 3.48. The van der Waals surface area contributed by atoms with E-state index in [2.05, 4.69) is 46.0 Å². The van der Waals surface area contributed by atoms with Gasteiger partial charge in [0, 0.05) is 17.7 Å². The minimum atomic E-state index is 0.682. The number of aryl methyl sites for hydroxylation is 1. The van der Waals surface area contributed by atoms with Crippen LogP contribution in [0.5, 0.6) is 0 Å². The van der Waals surface area contributed by atoms with Gasteiger partial charge in [-0.25, -0.2) is 0 Å². The van der Waals surface area contributed by atoms with Crippen molar-refractivity contribution in [3.05, 3.63) is 41.2 Å². The van der Waals surface area contributed by atoms with E-state index in [-0.39, 0.29) is 0 Å². The van der Waals surface area contributed by atoms with Crippen molar-refractivity contribution in [2.75, 3.05) is 0 Å². The number of hydrogen-bond acceptors (Lipinski definition) is 3. The number of nitrogens with zero attached hydrogens (tertiary/aromatic N) is 3. The highest BCUT2D eigenvalue weighted by molar-refractivity contribution is 7.98. The molecule has 4 rings (SSSR count). The van der Waals surface area contributed by atoms with E-state index < -0.39 is 0 Å². The zero-order chi connectivity index (χ0) is 13.5. The quantitative estimate of drug-likeness (QED) is 0.775. The van der Waals surface area contributed by atoms with Crippen molar-refractivity contribution in [2.45, 2.75) is 55.5 Å². The van der Waals surface area contributed by atoms with Gasteiger partial charge in [-0.2, -0.15) is 0 Å². The minimum absolute atomic E-state index is 0.682. The summed E-state index contributed by atoms with van der Waals surface area (Å²) in [5.41, 5.74) is 2.68. The van der Waals surface area contributed by atoms with Gasteiger partial charge in [0.05, 0.1) is 0 Å². The molecule has 2 aromatic rings. The van der Waals surface area contributed by atoms with Crippen molar-refractivity contribution >= 4 is 11.8 Å². The molecule has 104 valence electrons. The molecule has 0 spiro atoms. The van der Waals surface area contributed by atoms with Gasteiger partial charge in [0.2, 0.25) is 0 Å². The lowest BCUT2D eigenvalue weighted by molar-refractivity contribution is 0.627. The molecule has 1 aromatic carbocycles. The van der Waals surface area contributed by atoms with Crippen molar-refractivity contribution in [1.29, 1.82) is 0 Å². The molecule has 2 aliphatic carbocycles. The Morgan fingerprint density at radius 2 is 1.85 bits per heavy atom. The fourth-order valence-electron chi connectivity index (χ4n) is 2.51. The van der Waals surface area contributed by atoms with Crippen LogP contribution < -0.4 is 0 Å². The van der Waals surface area contributed by atoms with Crippen LogP contribution in [-0.2, 0) is 5.75 Å². The molecule has 2 aliphatic rings. The summed E-state index contributed by atoms with van der Waals surface area (Å²) in [6, 6.07) is 9.46. The summed E-state index contributed by atoms with van der Waals surface area (Å²) in [6.07, 6.45) is 5.20. The monoisotopic (exact) mass is 285 g/mol. The summed E-state index contributed by atoms with van der Waals surface area (Å²) in [4.78, 5) is 0. The molecule has 0 bridgehead atoms. The molecule has 1 heterocycles. The summed E-state index contributed by atoms with van der Waals surface area (Å²) < 4.78 is 2.43. The lowest BCUT2D eigenvalue weighted by Crippen LogP contribution is -2.01. The maximum Gasteiger partial charge on any atom is 0.191 e. The van der Waals surface area contributed by atoms with Crippen LogP contribution in [0.15, 0.2) is 29.4 Å². The Morgan fingerprint density at radius 1 is 1.10 bits per heavy atom. The SMILES string of the molecule is Cc1ccc(CSc2nnc(C3CC3)n2C2CC2)cc1. The number of rotatable bonds is 5. The predicted molar refractivity (Wildman–Crippen MR) is 81.0 cm³/mol. The first-order valence-electron chi connectivity index (χ1n) is 7.44. The number of benzene rings is 1. The molecule has 0 atom stereocenters. The Labute approximate surface area is 123 Å². The lowest BCUT2D eigenvalue weighted by Gasteiger charge is -2.08. The second kappa shape index (κ2) is 4.92. The Balaban J connectivity index is 1.52. The highest BCUT2D eigenvalue weighted by Gasteiger charge is 2.36. The van der Waals surface area contributed by atoms with Gasteiger partial charge in [0.25, 0.3) is 0 Å². The van der Waals surface area contributed by atoms with Crippen LogP contribution in [0.1, 0.15) is 54.6 Å². The van der Waals surface area contributed by atoms with E-state index in [0.717, 1.165) is 10.9 Å². The zero-order valence-corrected chi connectivity index (χ0v) is 12.6. The van der Waals surface area contributed by atoms with Crippen molar-refractivity contribution in [1.82, 2.24) is 14.8 Å². The maximum atomic E-state index is 4.46. The Morgan fingerprint density at radius 3 is 2.50 bits per heavy atom. The molecule has 1 aromatic heterocycles. The van der Waals surface area contributed by atoms with Crippen LogP contribution >= 0.6 is 11.8 Å². The largest absolute Gasteiger partial charge is 0.303 e. The Hall–Kier alpha value is -1.29. The standard InChI is InChI=1S/C16H19N3S/c1-11-2-4-12(5-3-11)10-20-16-18-17-15(13-6-7-13)19(16)14-8-9-14/h2-5,13-14H,6-10H2,1H3. The molecule has 0 saturated heterocycles. The average molecular weight is 285 g/mol. The van der Waals surface area contributed by atoms with E-state index in [1.165, 1.54) is 42.6 Å². The van der Waals surface area contributed by atoms with E-state index in [0.29, 0.717) is 12.0 Å². The number of hydrogen-bond donors (Lipinski definition) is 0. The van der Waals surface area contributed by atoms with Crippen LogP contribution in [0.25, 0.3) is 0 Å². The molecule has 0 aliphatic heterocycles. The van der Waals surface area contributed by atoms with Crippen molar-refractivity contribution in [3.8, 4) is 0 Å². The minimum Gasteiger partial charge on any atom is -0.303 e. The highest BCUT2D eigenvalue weighted by Crippen LogP contribution is 2.46. The second-order valence-corrected chi connectivity index (χ2v) is 6.93. The van der Waals surface area contributed by atoms with Crippen LogP contribution in [0.2, 0.25) is 0 Å². The average Bonchev–Trinajstić information content (AvgIpc) is 3.37. The maximum absolute atomic E-state index is 4.46. The molecular weight excluding hydrogens is 266 g/mol. The summed E-state index contributed by atoms with van der Waals surface area (Å²) in [5, 5.41) is 10.0. The first kappa shape index (κ1) is 12.5. The van der Waals surface area contributed by atoms with Gasteiger partial charge in [-0.3, -0.25) is 0 Å². The molecule has 20 heavy (non-hydrogen) atoms. The smallest absolute Gasteiger partial charge is 0.191 e. The normalized spacial score (nSPS) is 18.4. The third-order valence-corrected chi connectivity index (χ3v) is 5.05. The Kier molecular flexibility index (Phi) is 3.06. The number of aromatic nitrogens is 3. The summed E-state index contributed by atoms with van der Waals surface area (Å²) >= 11 is 1.83. The van der Waals surface area contributed by atoms with E-state index >= 15 is 0 Å². The molecule has 0 radical (unpaired) electrons. The van der Waals surface area contributed by atoms with Crippen LogP contribution in [0.3, 0.4) is 0 Å². The van der Waals surface area contributed by atoms with Crippen molar-refractivity contribution < 1.29 is 0 Å². The first-order chi connectivity index (χ1) is 9.81. The molecule has 2 fully saturated rings. The fraction of sp³-hybridized carbons (Fsp3) is 0.500. The van der Waals surface area contributed by atoms with Gasteiger partial charge in [0.15, 0.2) is 5.16 Å². The topological polar surface area (TPSA) is 30.7 Å². The van der Waals surface area contributed by atoms with E-state index in [9.17, 15) is 0 Å².